The second-order valence-electron chi connectivity index (χ2n) is 9.20. The molecule has 0 atom stereocenters. The van der Waals surface area contributed by atoms with Gasteiger partial charge >= 0.3 is 0 Å². The summed E-state index contributed by atoms with van der Waals surface area (Å²) in [6.07, 6.45) is 0. The SMILES string of the molecule is CC.CC.CCn1c(O)c(CON)c(C)c(N=Nc2ccccc2)c1=O.CNc1nc(Cl)nc(Nc2ccccc2)n1.CNc1nc(N)nc(Cl)n1. The summed E-state index contributed by atoms with van der Waals surface area (Å²) < 4.78 is 1.21. The molecule has 5 rings (SSSR count). The number of nitrogens with one attached hydrogen (secondary N) is 3. The maximum Gasteiger partial charge on any atom is 0.281 e. The van der Waals surface area contributed by atoms with Gasteiger partial charge < -0.3 is 26.8 Å². The van der Waals surface area contributed by atoms with Crippen LogP contribution in [0.1, 0.15) is 45.7 Å². The largest absolute Gasteiger partial charge is 0.494 e. The molecule has 3 heterocycles. The minimum atomic E-state index is -0.405. The van der Waals surface area contributed by atoms with Gasteiger partial charge in [-0.2, -0.15) is 35.0 Å². The number of pyridine rings is 1. The fraction of sp³-hybridized carbons (Fsp3) is 0.303. The number of aromatic nitrogens is 7. The second-order valence-corrected chi connectivity index (χ2v) is 9.88. The molecular formula is C33H46Cl2N14O3. The number of nitrogen functional groups attached to an aromatic ring is 1. The van der Waals surface area contributed by atoms with E-state index in [-0.39, 0.29) is 34.7 Å². The molecule has 8 N–H and O–H groups in total. The molecule has 2 aromatic carbocycles. The van der Waals surface area contributed by atoms with Crippen LogP contribution < -0.4 is 33.1 Å². The number of hydrogen-bond acceptors (Lipinski definition) is 16. The molecule has 52 heavy (non-hydrogen) atoms. The van der Waals surface area contributed by atoms with Crippen molar-refractivity contribution in [3.8, 4) is 5.88 Å². The van der Waals surface area contributed by atoms with Crippen molar-refractivity contribution >= 4 is 64.1 Å². The van der Waals surface area contributed by atoms with Gasteiger partial charge in [0.15, 0.2) is 11.6 Å². The Hall–Kier alpha value is -5.49. The number of halogens is 2. The third-order valence-electron chi connectivity index (χ3n) is 6.06. The molecule has 0 aliphatic heterocycles. The fourth-order valence-electron chi connectivity index (χ4n) is 3.77. The average molecular weight is 758 g/mol. The Morgan fingerprint density at radius 2 is 1.33 bits per heavy atom. The van der Waals surface area contributed by atoms with Crippen LogP contribution >= 0.6 is 23.2 Å². The predicted molar refractivity (Wildman–Crippen MR) is 208 cm³/mol. The van der Waals surface area contributed by atoms with Gasteiger partial charge in [0.2, 0.25) is 34.4 Å². The van der Waals surface area contributed by atoms with Gasteiger partial charge in [-0.1, -0.05) is 64.1 Å². The van der Waals surface area contributed by atoms with Crippen molar-refractivity contribution < 1.29 is 9.94 Å². The van der Waals surface area contributed by atoms with Crippen LogP contribution in [-0.4, -0.2) is 53.7 Å². The predicted octanol–water partition coefficient (Wildman–Crippen LogP) is 7.20. The second kappa shape index (κ2) is 24.6. The quantitative estimate of drug-likeness (QED) is 0.0644. The third-order valence-corrected chi connectivity index (χ3v) is 6.40. The maximum absolute atomic E-state index is 12.4. The van der Waals surface area contributed by atoms with Gasteiger partial charge in [0.1, 0.15) is 0 Å². The van der Waals surface area contributed by atoms with Crippen molar-refractivity contribution in [1.29, 1.82) is 0 Å². The summed E-state index contributed by atoms with van der Waals surface area (Å²) in [7, 11) is 3.39. The zero-order chi connectivity index (χ0) is 39.1. The monoisotopic (exact) mass is 756 g/mol. The summed E-state index contributed by atoms with van der Waals surface area (Å²) in [5.41, 5.74) is 7.45. The van der Waals surface area contributed by atoms with Crippen molar-refractivity contribution in [3.63, 3.8) is 0 Å². The van der Waals surface area contributed by atoms with Crippen LogP contribution in [0.2, 0.25) is 10.6 Å². The molecule has 0 amide bonds. The molecule has 0 unspecified atom stereocenters. The average Bonchev–Trinajstić information content (AvgIpc) is 3.16. The number of nitrogens with zero attached hydrogens (tertiary/aromatic N) is 9. The molecule has 0 spiro atoms. The van der Waals surface area contributed by atoms with E-state index in [1.807, 2.05) is 76.2 Å². The molecule has 0 bridgehead atoms. The summed E-state index contributed by atoms with van der Waals surface area (Å²) >= 11 is 11.2. The van der Waals surface area contributed by atoms with Crippen molar-refractivity contribution in [2.45, 2.75) is 54.7 Å². The van der Waals surface area contributed by atoms with Gasteiger partial charge in [-0.05, 0) is 66.9 Å². The Morgan fingerprint density at radius 1 is 0.808 bits per heavy atom. The van der Waals surface area contributed by atoms with Crippen LogP contribution in [0.15, 0.2) is 75.7 Å². The number of rotatable bonds is 9. The van der Waals surface area contributed by atoms with Crippen LogP contribution in [0.4, 0.5) is 40.9 Å². The smallest absolute Gasteiger partial charge is 0.281 e. The van der Waals surface area contributed by atoms with E-state index in [1.165, 1.54) is 4.57 Å². The first-order valence-electron chi connectivity index (χ1n) is 16.1. The molecule has 19 heteroatoms. The number of para-hydroxylation sites is 1. The third kappa shape index (κ3) is 14.4. The number of anilines is 5. The first-order chi connectivity index (χ1) is 25.1. The van der Waals surface area contributed by atoms with Gasteiger partial charge in [0.05, 0.1) is 12.3 Å². The first-order valence-corrected chi connectivity index (χ1v) is 16.9. The van der Waals surface area contributed by atoms with E-state index in [9.17, 15) is 9.90 Å². The Bertz CT molecular complexity index is 1850. The molecule has 0 saturated carbocycles. The zero-order valence-electron chi connectivity index (χ0n) is 30.4. The lowest BCUT2D eigenvalue weighted by Crippen LogP contribution is -2.22. The van der Waals surface area contributed by atoms with E-state index in [4.69, 9.17) is 34.8 Å². The summed E-state index contributed by atoms with van der Waals surface area (Å²) in [5, 5.41) is 27.0. The first kappa shape index (κ1) is 44.5. The minimum Gasteiger partial charge on any atom is -0.494 e. The summed E-state index contributed by atoms with van der Waals surface area (Å²) in [4.78, 5) is 39.9. The van der Waals surface area contributed by atoms with Crippen molar-refractivity contribution in [1.82, 2.24) is 34.5 Å². The molecule has 0 radical (unpaired) electrons. The van der Waals surface area contributed by atoms with Crippen molar-refractivity contribution in [3.05, 3.63) is 92.7 Å². The summed E-state index contributed by atoms with van der Waals surface area (Å²) in [6.45, 7) is 11.7. The van der Waals surface area contributed by atoms with Crippen molar-refractivity contribution in [2.24, 2.45) is 16.1 Å². The Morgan fingerprint density at radius 3 is 1.85 bits per heavy atom. The maximum atomic E-state index is 12.4. The Labute approximate surface area is 312 Å². The normalized spacial score (nSPS) is 9.83. The highest BCUT2D eigenvalue weighted by Crippen LogP contribution is 2.28. The highest BCUT2D eigenvalue weighted by atomic mass is 35.5. The molecule has 5 aromatic rings. The number of nitrogens with two attached hydrogens (primary N) is 2. The van der Waals surface area contributed by atoms with E-state index in [2.05, 4.69) is 60.9 Å². The summed E-state index contributed by atoms with van der Waals surface area (Å²) in [5.74, 6) is 6.26. The highest BCUT2D eigenvalue weighted by molar-refractivity contribution is 6.28. The van der Waals surface area contributed by atoms with E-state index in [0.29, 0.717) is 41.2 Å². The van der Waals surface area contributed by atoms with Gasteiger partial charge in [-0.3, -0.25) is 14.2 Å². The minimum absolute atomic E-state index is 0.0220. The van der Waals surface area contributed by atoms with Crippen LogP contribution in [0.3, 0.4) is 0 Å². The molecule has 0 aliphatic carbocycles. The number of hydrogen-bond donors (Lipinski definition) is 6. The summed E-state index contributed by atoms with van der Waals surface area (Å²) in [6, 6.07) is 18.7. The number of benzene rings is 2. The lowest BCUT2D eigenvalue weighted by atomic mass is 10.1. The van der Waals surface area contributed by atoms with Crippen LogP contribution in [0, 0.1) is 6.92 Å². The lowest BCUT2D eigenvalue weighted by Gasteiger charge is -2.14. The number of aromatic hydroxyl groups is 1. The van der Waals surface area contributed by atoms with Crippen LogP contribution in [0.5, 0.6) is 5.88 Å². The van der Waals surface area contributed by atoms with E-state index >= 15 is 0 Å². The fourth-order valence-corrected chi connectivity index (χ4v) is 4.10. The van der Waals surface area contributed by atoms with Gasteiger partial charge in [0, 0.05) is 31.9 Å². The topological polar surface area (TPSA) is 242 Å². The van der Waals surface area contributed by atoms with E-state index < -0.39 is 5.56 Å². The molecule has 0 aliphatic rings. The number of azo groups is 1. The van der Waals surface area contributed by atoms with Crippen LogP contribution in [0.25, 0.3) is 0 Å². The highest BCUT2D eigenvalue weighted by Gasteiger charge is 2.18. The van der Waals surface area contributed by atoms with E-state index in [0.717, 1.165) is 5.69 Å². The molecule has 17 nitrogen and oxygen atoms in total. The van der Waals surface area contributed by atoms with Gasteiger partial charge in [-0.25, -0.2) is 5.90 Å². The molecular weight excluding hydrogens is 711 g/mol. The lowest BCUT2D eigenvalue weighted by molar-refractivity contribution is 0.120. The zero-order valence-corrected chi connectivity index (χ0v) is 31.9. The van der Waals surface area contributed by atoms with Gasteiger partial charge in [-0.15, -0.1) is 5.11 Å². The Balaban J connectivity index is 0.000000394. The molecule has 0 fully saturated rings. The van der Waals surface area contributed by atoms with Crippen molar-refractivity contribution in [2.75, 3.05) is 35.8 Å². The van der Waals surface area contributed by atoms with Crippen LogP contribution in [-0.2, 0) is 18.0 Å². The molecule has 280 valence electrons. The van der Waals surface area contributed by atoms with E-state index in [1.54, 1.807) is 40.1 Å². The molecule has 0 saturated heterocycles. The molecule has 3 aromatic heterocycles. The van der Waals surface area contributed by atoms with Gasteiger partial charge in [0.25, 0.3) is 5.56 Å². The Kier molecular flexibility index (Phi) is 21.1. The standard InChI is InChI=1S/C15H18N4O3.C10H10ClN5.C4H6ClN5.2C2H6/c1-3-19-14(20)12(9-22-16)10(2)13(15(19)21)18-17-11-7-5-4-6-8-11;1-12-9-14-8(11)15-10(16-9)13-7-5-3-2-4-6-7;1-7-4-9-2(5)8-3(6)10-4;2*1-2/h4-8,20H,3,9,16H2,1-2H3;2-6H,1H3,(H2,12,13,14,15,16);1H3,(H3,6,7,8,9,10);2*1-2H3.